The van der Waals surface area contributed by atoms with Gasteiger partial charge in [0.2, 0.25) is 0 Å². The number of nitrogens with zero attached hydrogens (tertiary/aromatic N) is 1. The van der Waals surface area contributed by atoms with Crippen LogP contribution in [0.1, 0.15) is 28.2 Å². The molecule has 0 radical (unpaired) electrons. The van der Waals surface area contributed by atoms with Crippen LogP contribution < -0.4 is 0 Å². The third-order valence-electron chi connectivity index (χ3n) is 1.56. The van der Waals surface area contributed by atoms with Crippen molar-refractivity contribution in [2.45, 2.75) is 13.3 Å². The molecule has 0 atom stereocenters. The molecule has 0 unspecified atom stereocenters. The second-order valence-corrected chi connectivity index (χ2v) is 2.86. The van der Waals surface area contributed by atoms with E-state index in [2.05, 4.69) is 4.98 Å². The van der Waals surface area contributed by atoms with Crippen LogP contribution in [0.5, 0.6) is 0 Å². The third kappa shape index (κ3) is 2.01. The van der Waals surface area contributed by atoms with Gasteiger partial charge < -0.3 is 0 Å². The number of carbonyl (C=O) groups is 1. The molecular weight excluding hydrogens is 200 g/mol. The zero-order valence-corrected chi connectivity index (χ0v) is 7.48. The average molecular weight is 206 g/mol. The molecular formula is C8H6ClF2NO. The Kier molecular flexibility index (Phi) is 2.93. The van der Waals surface area contributed by atoms with Gasteiger partial charge in [-0.1, -0.05) is 11.6 Å². The quantitative estimate of drug-likeness (QED) is 0.695. The molecule has 0 saturated carbocycles. The molecule has 70 valence electrons. The molecule has 1 heterocycles. The Morgan fingerprint density at radius 1 is 1.62 bits per heavy atom. The Morgan fingerprint density at radius 2 is 2.23 bits per heavy atom. The Balaban J connectivity index is 3.32. The lowest BCUT2D eigenvalue weighted by Crippen LogP contribution is -1.99. The van der Waals surface area contributed by atoms with Gasteiger partial charge in [-0.2, -0.15) is 0 Å². The normalized spacial score (nSPS) is 10.5. The first-order valence-corrected chi connectivity index (χ1v) is 3.84. The minimum atomic E-state index is -2.73. The fraction of sp³-hybridized carbons (Fsp3) is 0.250. The molecule has 0 bridgehead atoms. The van der Waals surface area contributed by atoms with E-state index in [0.717, 1.165) is 6.07 Å². The number of aromatic nitrogens is 1. The predicted octanol–water partition coefficient (Wildman–Crippen LogP) is 2.79. The highest BCUT2D eigenvalue weighted by atomic mass is 35.5. The highest BCUT2D eigenvalue weighted by Gasteiger charge is 2.15. The van der Waals surface area contributed by atoms with Crippen molar-refractivity contribution >= 4 is 17.9 Å². The standard InChI is InChI=1S/C8H6ClF2NO/c1-4-6(9)2-5(8(10)11)7(3-13)12-4/h2-3,8H,1H3. The topological polar surface area (TPSA) is 30.0 Å². The smallest absolute Gasteiger partial charge is 0.266 e. The number of aldehydes is 1. The van der Waals surface area contributed by atoms with Crippen molar-refractivity contribution in [3.63, 3.8) is 0 Å². The number of carbonyl (C=O) groups excluding carboxylic acids is 1. The lowest BCUT2D eigenvalue weighted by molar-refractivity contribution is 0.110. The fourth-order valence-corrected chi connectivity index (χ4v) is 1.04. The fourth-order valence-electron chi connectivity index (χ4n) is 0.883. The summed E-state index contributed by atoms with van der Waals surface area (Å²) in [4.78, 5) is 14.0. The molecule has 1 rings (SSSR count). The number of halogens is 3. The summed E-state index contributed by atoms with van der Waals surface area (Å²) < 4.78 is 24.5. The molecule has 0 amide bonds. The summed E-state index contributed by atoms with van der Waals surface area (Å²) in [5.41, 5.74) is -0.310. The van der Waals surface area contributed by atoms with E-state index in [1.54, 1.807) is 6.92 Å². The van der Waals surface area contributed by atoms with E-state index in [1.807, 2.05) is 0 Å². The molecule has 1 aromatic heterocycles. The number of alkyl halides is 2. The van der Waals surface area contributed by atoms with Gasteiger partial charge in [0, 0.05) is 5.56 Å². The van der Waals surface area contributed by atoms with Crippen LogP contribution in [-0.2, 0) is 0 Å². The van der Waals surface area contributed by atoms with Gasteiger partial charge in [-0.15, -0.1) is 0 Å². The van der Waals surface area contributed by atoms with Crippen LogP contribution >= 0.6 is 11.6 Å². The van der Waals surface area contributed by atoms with E-state index in [1.165, 1.54) is 0 Å². The van der Waals surface area contributed by atoms with Gasteiger partial charge in [0.15, 0.2) is 6.29 Å². The van der Waals surface area contributed by atoms with Crippen molar-refractivity contribution in [3.05, 3.63) is 28.0 Å². The molecule has 0 spiro atoms. The third-order valence-corrected chi connectivity index (χ3v) is 1.94. The lowest BCUT2D eigenvalue weighted by atomic mass is 10.2. The van der Waals surface area contributed by atoms with Crippen molar-refractivity contribution in [1.29, 1.82) is 0 Å². The minimum Gasteiger partial charge on any atom is -0.296 e. The van der Waals surface area contributed by atoms with Gasteiger partial charge in [0.05, 0.1) is 10.7 Å². The van der Waals surface area contributed by atoms with Gasteiger partial charge in [-0.3, -0.25) is 4.79 Å². The van der Waals surface area contributed by atoms with Crippen LogP contribution in [-0.4, -0.2) is 11.3 Å². The minimum absolute atomic E-state index is 0.140. The zero-order valence-electron chi connectivity index (χ0n) is 6.72. The van der Waals surface area contributed by atoms with E-state index < -0.39 is 12.0 Å². The molecule has 0 saturated heterocycles. The molecule has 0 aliphatic carbocycles. The van der Waals surface area contributed by atoms with Crippen molar-refractivity contribution in [3.8, 4) is 0 Å². The Bertz CT molecular complexity index is 341. The molecule has 0 aliphatic rings. The Hall–Kier alpha value is -1.03. The molecule has 0 fully saturated rings. The van der Waals surface area contributed by atoms with Gasteiger partial charge >= 0.3 is 0 Å². The highest BCUT2D eigenvalue weighted by molar-refractivity contribution is 6.31. The number of hydrogen-bond donors (Lipinski definition) is 0. The monoisotopic (exact) mass is 205 g/mol. The van der Waals surface area contributed by atoms with Gasteiger partial charge in [0.1, 0.15) is 5.69 Å². The maximum atomic E-state index is 12.3. The number of hydrogen-bond acceptors (Lipinski definition) is 2. The lowest BCUT2D eigenvalue weighted by Gasteiger charge is -2.04. The van der Waals surface area contributed by atoms with E-state index >= 15 is 0 Å². The van der Waals surface area contributed by atoms with Gasteiger partial charge in [-0.25, -0.2) is 13.8 Å². The summed E-state index contributed by atoms with van der Waals surface area (Å²) in [5.74, 6) is 0. The maximum Gasteiger partial charge on any atom is 0.266 e. The first-order valence-electron chi connectivity index (χ1n) is 3.46. The molecule has 2 nitrogen and oxygen atoms in total. The molecule has 5 heteroatoms. The Labute approximate surface area is 78.5 Å². The average Bonchev–Trinajstić information content (AvgIpc) is 2.08. The molecule has 0 N–H and O–H groups in total. The summed E-state index contributed by atoms with van der Waals surface area (Å²) in [6.45, 7) is 1.55. The van der Waals surface area contributed by atoms with Crippen LogP contribution in [0.3, 0.4) is 0 Å². The van der Waals surface area contributed by atoms with E-state index in [-0.39, 0.29) is 10.7 Å². The van der Waals surface area contributed by atoms with E-state index in [9.17, 15) is 13.6 Å². The second-order valence-electron chi connectivity index (χ2n) is 2.45. The van der Waals surface area contributed by atoms with Crippen molar-refractivity contribution in [2.75, 3.05) is 0 Å². The predicted molar refractivity (Wildman–Crippen MR) is 44.3 cm³/mol. The van der Waals surface area contributed by atoms with E-state index in [0.29, 0.717) is 12.0 Å². The maximum absolute atomic E-state index is 12.3. The van der Waals surface area contributed by atoms with Crippen LogP contribution in [0.25, 0.3) is 0 Å². The summed E-state index contributed by atoms with van der Waals surface area (Å²) in [7, 11) is 0. The zero-order chi connectivity index (χ0) is 10.0. The summed E-state index contributed by atoms with van der Waals surface area (Å²) in [5, 5.41) is 0.140. The highest BCUT2D eigenvalue weighted by Crippen LogP contribution is 2.25. The molecule has 13 heavy (non-hydrogen) atoms. The summed E-state index contributed by atoms with van der Waals surface area (Å²) >= 11 is 5.58. The van der Waals surface area contributed by atoms with Gasteiger partial charge in [0.25, 0.3) is 6.43 Å². The molecule has 0 aliphatic heterocycles. The first kappa shape index (κ1) is 10.1. The van der Waals surface area contributed by atoms with Crippen molar-refractivity contribution < 1.29 is 13.6 Å². The summed E-state index contributed by atoms with van der Waals surface area (Å²) in [6.07, 6.45) is -2.43. The molecule has 0 aromatic carbocycles. The van der Waals surface area contributed by atoms with Crippen molar-refractivity contribution in [2.24, 2.45) is 0 Å². The van der Waals surface area contributed by atoms with E-state index in [4.69, 9.17) is 11.6 Å². The second kappa shape index (κ2) is 3.79. The van der Waals surface area contributed by atoms with Crippen LogP contribution in [0.4, 0.5) is 8.78 Å². The van der Waals surface area contributed by atoms with Crippen LogP contribution in [0.2, 0.25) is 5.02 Å². The SMILES string of the molecule is Cc1nc(C=O)c(C(F)F)cc1Cl. The van der Waals surface area contributed by atoms with Crippen molar-refractivity contribution in [1.82, 2.24) is 4.98 Å². The Morgan fingerprint density at radius 3 is 2.69 bits per heavy atom. The number of pyridine rings is 1. The van der Waals surface area contributed by atoms with Gasteiger partial charge in [-0.05, 0) is 13.0 Å². The van der Waals surface area contributed by atoms with Crippen LogP contribution in [0, 0.1) is 6.92 Å². The number of aryl methyl sites for hydroxylation is 1. The molecule has 1 aromatic rings. The summed E-state index contributed by atoms with van der Waals surface area (Å²) in [6, 6.07) is 1.07. The number of rotatable bonds is 2. The largest absolute Gasteiger partial charge is 0.296 e. The van der Waals surface area contributed by atoms with Crippen LogP contribution in [0.15, 0.2) is 6.07 Å². The first-order chi connectivity index (χ1) is 6.06.